The maximum Gasteiger partial charge on any atom is 0.0546 e. The lowest BCUT2D eigenvalue weighted by Gasteiger charge is -2.30. The maximum atomic E-state index is 2.43. The second-order valence-corrected chi connectivity index (χ2v) is 14.5. The third-order valence-electron chi connectivity index (χ3n) is 11.1. The maximum absolute atomic E-state index is 2.43. The average Bonchev–Trinajstić information content (AvgIpc) is 3.30. The number of rotatable bonds is 8. The van der Waals surface area contributed by atoms with Gasteiger partial charge in [-0.1, -0.05) is 200 Å². The van der Waals surface area contributed by atoms with E-state index in [1.807, 2.05) is 0 Å². The Balaban J connectivity index is 1.18. The summed E-state index contributed by atoms with van der Waals surface area (Å²) in [7, 11) is 0. The smallest absolute Gasteiger partial charge is 0.0546 e. The van der Waals surface area contributed by atoms with Gasteiger partial charge in [0.2, 0.25) is 0 Å². The van der Waals surface area contributed by atoms with E-state index in [0.29, 0.717) is 0 Å². The highest BCUT2D eigenvalue weighted by molar-refractivity contribution is 6.02. The molecule has 0 atom stereocenters. The first-order chi connectivity index (χ1) is 28.3. The van der Waals surface area contributed by atoms with Gasteiger partial charge < -0.3 is 4.90 Å². The fourth-order valence-corrected chi connectivity index (χ4v) is 8.30. The highest BCUT2D eigenvalue weighted by Crippen LogP contribution is 2.48. The second kappa shape index (κ2) is 15.0. The lowest BCUT2D eigenvalue weighted by molar-refractivity contribution is 1.28. The van der Waals surface area contributed by atoms with Gasteiger partial charge in [0.05, 0.1) is 5.69 Å². The first kappa shape index (κ1) is 34.0. The summed E-state index contributed by atoms with van der Waals surface area (Å²) < 4.78 is 0. The third-order valence-corrected chi connectivity index (χ3v) is 11.1. The molecule has 0 amide bonds. The molecule has 10 aromatic carbocycles. The standard InChI is InChI=1S/C56H39N/c1-3-16-42(17-4-1)52-24-11-12-25-54(52)56-53(44-18-5-2-6-19-44)27-14-28-55(56)57(48-35-31-41(32-36-48)47-30-29-40-15-7-8-21-46(40)39-47)49-37-33-45(34-38-49)51-26-13-22-43-20-9-10-23-50(43)51/h1-39H. The van der Waals surface area contributed by atoms with Crippen molar-refractivity contribution < 1.29 is 0 Å². The number of anilines is 3. The monoisotopic (exact) mass is 725 g/mol. The summed E-state index contributed by atoms with van der Waals surface area (Å²) in [6, 6.07) is 85.7. The molecule has 0 bridgehead atoms. The van der Waals surface area contributed by atoms with Crippen LogP contribution in [-0.2, 0) is 0 Å². The van der Waals surface area contributed by atoms with Crippen molar-refractivity contribution in [3.05, 3.63) is 237 Å². The lowest BCUT2D eigenvalue weighted by atomic mass is 9.87. The van der Waals surface area contributed by atoms with Gasteiger partial charge in [-0.15, -0.1) is 0 Å². The molecular formula is C56H39N. The Morgan fingerprint density at radius 2 is 0.719 bits per heavy atom. The number of benzene rings is 10. The zero-order valence-electron chi connectivity index (χ0n) is 31.5. The molecule has 1 heteroatoms. The van der Waals surface area contributed by atoms with E-state index in [4.69, 9.17) is 0 Å². The summed E-state index contributed by atoms with van der Waals surface area (Å²) in [6.45, 7) is 0. The van der Waals surface area contributed by atoms with Crippen LogP contribution in [0.2, 0.25) is 0 Å². The van der Waals surface area contributed by atoms with Crippen LogP contribution in [0.5, 0.6) is 0 Å². The van der Waals surface area contributed by atoms with E-state index >= 15 is 0 Å². The van der Waals surface area contributed by atoms with Crippen LogP contribution in [0.1, 0.15) is 0 Å². The molecule has 0 spiro atoms. The molecule has 0 N–H and O–H groups in total. The van der Waals surface area contributed by atoms with Gasteiger partial charge in [-0.3, -0.25) is 0 Å². The van der Waals surface area contributed by atoms with Crippen molar-refractivity contribution in [3.63, 3.8) is 0 Å². The predicted octanol–water partition coefficient (Wildman–Crippen LogP) is 15.8. The molecule has 0 unspecified atom stereocenters. The summed E-state index contributed by atoms with van der Waals surface area (Å²) in [6.07, 6.45) is 0. The lowest BCUT2D eigenvalue weighted by Crippen LogP contribution is -2.12. The van der Waals surface area contributed by atoms with Gasteiger partial charge in [-0.2, -0.15) is 0 Å². The molecule has 10 aromatic rings. The van der Waals surface area contributed by atoms with E-state index in [1.54, 1.807) is 0 Å². The fraction of sp³-hybridized carbons (Fsp3) is 0. The van der Waals surface area contributed by atoms with Crippen LogP contribution in [0.4, 0.5) is 17.1 Å². The molecule has 0 aliphatic carbocycles. The minimum Gasteiger partial charge on any atom is -0.310 e. The van der Waals surface area contributed by atoms with Gasteiger partial charge in [0, 0.05) is 16.9 Å². The molecule has 0 aliphatic heterocycles. The summed E-state index contributed by atoms with van der Waals surface area (Å²) in [5.41, 5.74) is 15.2. The van der Waals surface area contributed by atoms with Crippen molar-refractivity contribution in [1.29, 1.82) is 0 Å². The molecule has 0 heterocycles. The Labute approximate surface area is 334 Å². The van der Waals surface area contributed by atoms with Gasteiger partial charge in [-0.25, -0.2) is 0 Å². The molecule has 0 fully saturated rings. The van der Waals surface area contributed by atoms with Gasteiger partial charge in [0.25, 0.3) is 0 Å². The SMILES string of the molecule is c1ccc(-c2ccccc2-c2c(-c3ccccc3)cccc2N(c2ccc(-c3ccc4ccccc4c3)cc2)c2ccc(-c3cccc4ccccc34)cc2)cc1. The molecule has 268 valence electrons. The summed E-state index contributed by atoms with van der Waals surface area (Å²) in [5, 5.41) is 4.99. The molecule has 0 aromatic heterocycles. The predicted molar refractivity (Wildman–Crippen MR) is 243 cm³/mol. The van der Waals surface area contributed by atoms with Crippen LogP contribution >= 0.6 is 0 Å². The Hall–Kier alpha value is -7.48. The van der Waals surface area contributed by atoms with Crippen LogP contribution in [0.25, 0.3) is 77.2 Å². The number of hydrogen-bond donors (Lipinski definition) is 0. The zero-order chi connectivity index (χ0) is 38.0. The largest absolute Gasteiger partial charge is 0.310 e. The second-order valence-electron chi connectivity index (χ2n) is 14.5. The summed E-state index contributed by atoms with van der Waals surface area (Å²) in [5.74, 6) is 0. The molecule has 0 radical (unpaired) electrons. The van der Waals surface area contributed by atoms with E-state index in [9.17, 15) is 0 Å². The van der Waals surface area contributed by atoms with E-state index < -0.39 is 0 Å². The third kappa shape index (κ3) is 6.56. The van der Waals surface area contributed by atoms with Crippen molar-refractivity contribution in [2.24, 2.45) is 0 Å². The van der Waals surface area contributed by atoms with Crippen molar-refractivity contribution in [1.82, 2.24) is 0 Å². The quantitative estimate of drug-likeness (QED) is 0.151. The molecule has 0 saturated carbocycles. The minimum absolute atomic E-state index is 1.08. The van der Waals surface area contributed by atoms with E-state index in [2.05, 4.69) is 241 Å². The first-order valence-corrected chi connectivity index (χ1v) is 19.6. The van der Waals surface area contributed by atoms with Crippen molar-refractivity contribution >= 4 is 38.6 Å². The fourth-order valence-electron chi connectivity index (χ4n) is 8.30. The summed E-state index contributed by atoms with van der Waals surface area (Å²) >= 11 is 0. The van der Waals surface area contributed by atoms with Crippen LogP contribution in [-0.4, -0.2) is 0 Å². The molecule has 10 rings (SSSR count). The normalized spacial score (nSPS) is 11.2. The minimum atomic E-state index is 1.08. The van der Waals surface area contributed by atoms with Crippen LogP contribution in [0, 0.1) is 0 Å². The Morgan fingerprint density at radius 3 is 1.44 bits per heavy atom. The Bertz CT molecular complexity index is 2980. The van der Waals surface area contributed by atoms with Gasteiger partial charge in [0.1, 0.15) is 0 Å². The van der Waals surface area contributed by atoms with E-state index in [-0.39, 0.29) is 0 Å². The molecule has 57 heavy (non-hydrogen) atoms. The van der Waals surface area contributed by atoms with Gasteiger partial charge >= 0.3 is 0 Å². The average molecular weight is 726 g/mol. The zero-order valence-corrected chi connectivity index (χ0v) is 31.5. The van der Waals surface area contributed by atoms with E-state index in [1.165, 1.54) is 77.2 Å². The van der Waals surface area contributed by atoms with E-state index in [0.717, 1.165) is 17.1 Å². The topological polar surface area (TPSA) is 3.24 Å². The van der Waals surface area contributed by atoms with Gasteiger partial charge in [-0.05, 0) is 108 Å². The highest BCUT2D eigenvalue weighted by Gasteiger charge is 2.23. The van der Waals surface area contributed by atoms with Crippen molar-refractivity contribution in [3.8, 4) is 55.6 Å². The molecule has 0 aliphatic rings. The first-order valence-electron chi connectivity index (χ1n) is 19.6. The van der Waals surface area contributed by atoms with Crippen LogP contribution < -0.4 is 4.90 Å². The van der Waals surface area contributed by atoms with Crippen molar-refractivity contribution in [2.45, 2.75) is 0 Å². The van der Waals surface area contributed by atoms with Crippen LogP contribution in [0.15, 0.2) is 237 Å². The van der Waals surface area contributed by atoms with Crippen molar-refractivity contribution in [2.75, 3.05) is 4.90 Å². The number of fused-ring (bicyclic) bond motifs is 2. The number of nitrogens with zero attached hydrogens (tertiary/aromatic N) is 1. The number of hydrogen-bond acceptors (Lipinski definition) is 1. The Kier molecular flexibility index (Phi) is 8.95. The summed E-state index contributed by atoms with van der Waals surface area (Å²) in [4.78, 5) is 2.43. The molecular weight excluding hydrogens is 687 g/mol. The molecule has 1 nitrogen and oxygen atoms in total. The Morgan fingerprint density at radius 1 is 0.246 bits per heavy atom. The van der Waals surface area contributed by atoms with Gasteiger partial charge in [0.15, 0.2) is 0 Å². The highest BCUT2D eigenvalue weighted by atomic mass is 15.1. The van der Waals surface area contributed by atoms with Crippen LogP contribution in [0.3, 0.4) is 0 Å². The molecule has 0 saturated heterocycles.